The first-order valence-corrected chi connectivity index (χ1v) is 11.5. The van der Waals surface area contributed by atoms with Crippen LogP contribution in [0.15, 0.2) is 22.8 Å². The van der Waals surface area contributed by atoms with Gasteiger partial charge in [-0.2, -0.15) is 0 Å². The summed E-state index contributed by atoms with van der Waals surface area (Å²) in [6.45, 7) is 2.82. The van der Waals surface area contributed by atoms with E-state index >= 15 is 0 Å². The van der Waals surface area contributed by atoms with Gasteiger partial charge in [0.25, 0.3) is 0 Å². The third kappa shape index (κ3) is 2.36. The molecule has 0 aromatic carbocycles. The highest BCUT2D eigenvalue weighted by molar-refractivity contribution is 6.31. The second-order valence-electron chi connectivity index (χ2n) is 10.7. The molecule has 0 spiro atoms. The number of fused-ring (bicyclic) bond motifs is 6. The maximum Gasteiger partial charge on any atom is 0.190 e. The lowest BCUT2D eigenvalue weighted by Crippen LogP contribution is -2.61. The number of carbonyl (C=O) groups is 5. The second-order valence-corrected chi connectivity index (χ2v) is 10.7. The summed E-state index contributed by atoms with van der Waals surface area (Å²) in [5.74, 6) is -2.71. The Morgan fingerprint density at radius 1 is 1.06 bits per heavy atom. The molecule has 0 radical (unpaired) electrons. The van der Waals surface area contributed by atoms with Gasteiger partial charge in [0, 0.05) is 41.6 Å². The first-order chi connectivity index (χ1) is 15.0. The number of carbonyl (C=O) groups excluding carboxylic acids is 5. The van der Waals surface area contributed by atoms with Crippen LogP contribution in [0.4, 0.5) is 0 Å². The predicted octanol–water partition coefficient (Wildman–Crippen LogP) is 1.44. The van der Waals surface area contributed by atoms with Gasteiger partial charge in [-0.25, -0.2) is 0 Å². The van der Waals surface area contributed by atoms with Crippen molar-refractivity contribution in [2.75, 3.05) is 6.61 Å². The van der Waals surface area contributed by atoms with Crippen LogP contribution in [-0.2, 0) is 24.0 Å². The average Bonchev–Trinajstić information content (AvgIpc) is 3.01. The number of aliphatic hydroxyl groups is 2. The molecule has 5 aliphatic rings. The molecule has 3 saturated carbocycles. The number of rotatable bonds is 2. The molecule has 0 amide bonds. The van der Waals surface area contributed by atoms with E-state index in [1.54, 1.807) is 6.92 Å². The Morgan fingerprint density at radius 3 is 2.44 bits per heavy atom. The largest absolute Gasteiger partial charge is 0.388 e. The summed E-state index contributed by atoms with van der Waals surface area (Å²) in [5, 5.41) is 20.7. The molecule has 32 heavy (non-hydrogen) atoms. The van der Waals surface area contributed by atoms with Crippen LogP contribution in [0.1, 0.15) is 58.8 Å². The van der Waals surface area contributed by atoms with Crippen LogP contribution < -0.4 is 0 Å². The van der Waals surface area contributed by atoms with Crippen LogP contribution in [0, 0.1) is 28.6 Å². The van der Waals surface area contributed by atoms with Crippen molar-refractivity contribution in [3.8, 4) is 0 Å². The first-order valence-electron chi connectivity index (χ1n) is 11.5. The lowest BCUT2D eigenvalue weighted by atomic mass is 9.44. The Balaban J connectivity index is 1.65. The fraction of sp³-hybridized carbons (Fsp3) is 0.640. The number of hydrogen-bond acceptors (Lipinski definition) is 7. The number of aliphatic hydroxyl groups excluding tert-OH is 1. The summed E-state index contributed by atoms with van der Waals surface area (Å²) in [6, 6.07) is 0. The van der Waals surface area contributed by atoms with Crippen LogP contribution in [0.5, 0.6) is 0 Å². The summed E-state index contributed by atoms with van der Waals surface area (Å²) < 4.78 is 0. The molecule has 2 N–H and O–H groups in total. The minimum atomic E-state index is -1.76. The molecule has 7 heteroatoms. The van der Waals surface area contributed by atoms with E-state index in [4.69, 9.17) is 0 Å². The van der Waals surface area contributed by atoms with Gasteiger partial charge in [-0.15, -0.1) is 0 Å². The molecule has 0 bridgehead atoms. The Kier molecular flexibility index (Phi) is 4.48. The molecule has 5 aliphatic carbocycles. The summed E-state index contributed by atoms with van der Waals surface area (Å²) >= 11 is 0. The van der Waals surface area contributed by atoms with Crippen LogP contribution in [0.2, 0.25) is 0 Å². The zero-order chi connectivity index (χ0) is 23.2. The van der Waals surface area contributed by atoms with Gasteiger partial charge in [-0.3, -0.25) is 24.0 Å². The fourth-order valence-corrected chi connectivity index (χ4v) is 8.00. The highest BCUT2D eigenvalue weighted by Crippen LogP contribution is 2.67. The van der Waals surface area contributed by atoms with Crippen molar-refractivity contribution in [1.82, 2.24) is 0 Å². The van der Waals surface area contributed by atoms with E-state index in [2.05, 4.69) is 0 Å². The van der Waals surface area contributed by atoms with Crippen molar-refractivity contribution < 1.29 is 34.2 Å². The highest BCUT2D eigenvalue weighted by atomic mass is 16.3. The van der Waals surface area contributed by atoms with E-state index in [0.717, 1.165) is 5.57 Å². The number of Topliss-reactive ketones (excluding diaryl/α,β-unsaturated/α-hetero) is 4. The molecule has 170 valence electrons. The van der Waals surface area contributed by atoms with Crippen molar-refractivity contribution >= 4 is 28.9 Å². The lowest BCUT2D eigenvalue weighted by molar-refractivity contribution is -0.169. The fourth-order valence-electron chi connectivity index (χ4n) is 8.00. The monoisotopic (exact) mass is 440 g/mol. The van der Waals surface area contributed by atoms with Gasteiger partial charge in [0.05, 0.1) is 5.57 Å². The first kappa shape index (κ1) is 21.6. The second kappa shape index (κ2) is 6.64. The molecular weight excluding hydrogens is 412 g/mol. The Labute approximate surface area is 185 Å². The van der Waals surface area contributed by atoms with Crippen molar-refractivity contribution in [2.45, 2.75) is 64.4 Å². The number of allylic oxidation sites excluding steroid dienone is 4. The maximum absolute atomic E-state index is 13.8. The minimum absolute atomic E-state index is 0.0156. The zero-order valence-electron chi connectivity index (χ0n) is 18.4. The average molecular weight is 440 g/mol. The van der Waals surface area contributed by atoms with Crippen LogP contribution in [0.25, 0.3) is 0 Å². The van der Waals surface area contributed by atoms with Crippen LogP contribution in [0.3, 0.4) is 0 Å². The van der Waals surface area contributed by atoms with Crippen LogP contribution in [-0.4, -0.2) is 51.3 Å². The predicted molar refractivity (Wildman–Crippen MR) is 111 cm³/mol. The molecule has 0 aromatic heterocycles. The van der Waals surface area contributed by atoms with Crippen molar-refractivity contribution in [1.29, 1.82) is 0 Å². The van der Waals surface area contributed by atoms with Gasteiger partial charge >= 0.3 is 0 Å². The molecule has 7 nitrogen and oxygen atoms in total. The van der Waals surface area contributed by atoms with E-state index < -0.39 is 40.5 Å². The topological polar surface area (TPSA) is 126 Å². The van der Waals surface area contributed by atoms with E-state index in [9.17, 15) is 34.2 Å². The SMILES string of the molecule is C[C@@]12C(=CC(=O)C3=C1C(=O)CCC3=O)CC[C@@H]1[C@@H]2C(=O)C[C@@]2(C)[C@H]1CC[C@]2(O)C(=O)CO. The molecule has 0 aromatic rings. The van der Waals surface area contributed by atoms with Gasteiger partial charge < -0.3 is 10.2 Å². The molecular formula is C25H28O7. The normalized spacial score (nSPS) is 43.4. The highest BCUT2D eigenvalue weighted by Gasteiger charge is 2.69. The Hall–Kier alpha value is -2.25. The van der Waals surface area contributed by atoms with Crippen LogP contribution >= 0.6 is 0 Å². The maximum atomic E-state index is 13.8. The van der Waals surface area contributed by atoms with Gasteiger partial charge in [0.15, 0.2) is 23.1 Å². The van der Waals surface area contributed by atoms with Gasteiger partial charge in [0.2, 0.25) is 0 Å². The molecule has 3 fully saturated rings. The quantitative estimate of drug-likeness (QED) is 0.622. The van der Waals surface area contributed by atoms with Gasteiger partial charge in [-0.05, 0) is 43.6 Å². The summed E-state index contributed by atoms with van der Waals surface area (Å²) in [4.78, 5) is 64.7. The Morgan fingerprint density at radius 2 is 1.75 bits per heavy atom. The summed E-state index contributed by atoms with van der Waals surface area (Å²) in [6.07, 6.45) is 3.35. The van der Waals surface area contributed by atoms with E-state index in [1.807, 2.05) is 6.92 Å². The smallest absolute Gasteiger partial charge is 0.190 e. The van der Waals surface area contributed by atoms with E-state index in [0.29, 0.717) is 19.3 Å². The van der Waals surface area contributed by atoms with E-state index in [1.165, 1.54) is 6.08 Å². The standard InChI is InChI=1S/C25H28O7/c1-23-10-18(30)21-13(14(23)7-8-25(23,32)19(31)11-26)4-3-12-9-17(29)20-15(27)5-6-16(28)22(20)24(12,21)2/h9,13-14,21,26,32H,3-8,10-11H2,1-2H3/t13-,14-,21+,23-,24-,25-/m0/s1. The molecule has 0 saturated heterocycles. The van der Waals surface area contributed by atoms with E-state index in [-0.39, 0.29) is 66.0 Å². The molecule has 6 atom stereocenters. The van der Waals surface area contributed by atoms with Crippen molar-refractivity contribution in [3.05, 3.63) is 22.8 Å². The Bertz CT molecular complexity index is 1060. The van der Waals surface area contributed by atoms with Gasteiger partial charge in [0.1, 0.15) is 18.0 Å². The molecule has 0 heterocycles. The third-order valence-corrected chi connectivity index (χ3v) is 9.51. The number of hydrogen-bond donors (Lipinski definition) is 2. The zero-order valence-corrected chi connectivity index (χ0v) is 18.4. The molecule has 0 unspecified atom stereocenters. The minimum Gasteiger partial charge on any atom is -0.388 e. The summed E-state index contributed by atoms with van der Waals surface area (Å²) in [5.41, 5.74) is -2.86. The van der Waals surface area contributed by atoms with Crippen molar-refractivity contribution in [2.24, 2.45) is 28.6 Å². The number of ketones is 5. The lowest BCUT2D eigenvalue weighted by Gasteiger charge is -2.58. The molecule has 0 aliphatic heterocycles. The third-order valence-electron chi connectivity index (χ3n) is 9.51. The van der Waals surface area contributed by atoms with Gasteiger partial charge in [-0.1, -0.05) is 19.4 Å². The summed E-state index contributed by atoms with van der Waals surface area (Å²) in [7, 11) is 0. The van der Waals surface area contributed by atoms with Crippen molar-refractivity contribution in [3.63, 3.8) is 0 Å². The molecule has 5 rings (SSSR count).